The number of benzene rings is 2. The molecule has 2 aromatic carbocycles. The summed E-state index contributed by atoms with van der Waals surface area (Å²) in [5.74, 6) is 0.845. The van der Waals surface area contributed by atoms with E-state index in [2.05, 4.69) is 36.2 Å². The van der Waals surface area contributed by atoms with Gasteiger partial charge in [-0.05, 0) is 81.7 Å². The number of aromatic nitrogens is 1. The first-order chi connectivity index (χ1) is 17.2. The van der Waals surface area contributed by atoms with Gasteiger partial charge in [0.2, 0.25) is 0 Å². The fourth-order valence-electron chi connectivity index (χ4n) is 4.75. The van der Waals surface area contributed by atoms with Gasteiger partial charge in [0.15, 0.2) is 0 Å². The summed E-state index contributed by atoms with van der Waals surface area (Å²) in [5.41, 5.74) is 2.99. The molecule has 192 valence electrons. The molecule has 4 nitrogen and oxygen atoms in total. The first-order valence-electron chi connectivity index (χ1n) is 13.7. The van der Waals surface area contributed by atoms with Gasteiger partial charge in [0.05, 0.1) is 23.8 Å². The van der Waals surface area contributed by atoms with Crippen LogP contribution in [0, 0.1) is 0 Å². The van der Waals surface area contributed by atoms with Crippen molar-refractivity contribution < 1.29 is 4.74 Å². The Balaban J connectivity index is 1.61. The van der Waals surface area contributed by atoms with E-state index < -0.39 is 0 Å². The standard InChI is InChI=1S/C30H44ClN3O/c1-4-6-8-11-19-34(20-12-9-7-5-2)21-13-10-18-32-30-26-16-14-24(31)22-29(26)33-28-17-15-25(35-3)23-27(28)30/h14-17,22-23H,4-13,18-21H2,1-3H3,(H,32,33). The average molecular weight is 498 g/mol. The molecule has 0 amide bonds. The second-order valence-corrected chi connectivity index (χ2v) is 10.1. The van der Waals surface area contributed by atoms with Crippen LogP contribution in [-0.2, 0) is 0 Å². The smallest absolute Gasteiger partial charge is 0.119 e. The fourth-order valence-corrected chi connectivity index (χ4v) is 4.91. The number of pyridine rings is 1. The predicted octanol–water partition coefficient (Wildman–Crippen LogP) is 8.70. The second kappa shape index (κ2) is 15.2. The molecular formula is C30H44ClN3O. The van der Waals surface area contributed by atoms with E-state index in [1.54, 1.807) is 7.11 Å². The zero-order valence-corrected chi connectivity index (χ0v) is 22.8. The molecule has 0 unspecified atom stereocenters. The molecule has 0 aliphatic carbocycles. The summed E-state index contributed by atoms with van der Waals surface area (Å²) in [6.45, 7) is 9.21. The summed E-state index contributed by atoms with van der Waals surface area (Å²) in [7, 11) is 1.71. The Morgan fingerprint density at radius 1 is 0.771 bits per heavy atom. The van der Waals surface area contributed by atoms with Crippen LogP contribution in [0.3, 0.4) is 0 Å². The van der Waals surface area contributed by atoms with Gasteiger partial charge in [-0.1, -0.05) is 64.0 Å². The molecule has 0 saturated carbocycles. The number of rotatable bonds is 17. The monoisotopic (exact) mass is 497 g/mol. The Kier molecular flexibility index (Phi) is 11.9. The van der Waals surface area contributed by atoms with E-state index in [9.17, 15) is 0 Å². The molecule has 0 saturated heterocycles. The van der Waals surface area contributed by atoms with Crippen LogP contribution in [0.1, 0.15) is 78.1 Å². The zero-order chi connectivity index (χ0) is 24.9. The van der Waals surface area contributed by atoms with E-state index in [0.29, 0.717) is 5.02 Å². The highest BCUT2D eigenvalue weighted by Crippen LogP contribution is 2.34. The lowest BCUT2D eigenvalue weighted by Gasteiger charge is -2.22. The zero-order valence-electron chi connectivity index (χ0n) is 22.0. The van der Waals surface area contributed by atoms with Crippen molar-refractivity contribution in [3.05, 3.63) is 41.4 Å². The third kappa shape index (κ3) is 8.54. The van der Waals surface area contributed by atoms with Crippen molar-refractivity contribution in [1.82, 2.24) is 9.88 Å². The van der Waals surface area contributed by atoms with Gasteiger partial charge in [0.1, 0.15) is 5.75 Å². The lowest BCUT2D eigenvalue weighted by atomic mass is 10.1. The number of ether oxygens (including phenoxy) is 1. The molecular weight excluding hydrogens is 454 g/mol. The second-order valence-electron chi connectivity index (χ2n) is 9.63. The maximum Gasteiger partial charge on any atom is 0.119 e. The SMILES string of the molecule is CCCCCCN(CCCCCC)CCCCNc1c2ccc(Cl)cc2nc2ccc(OC)cc12. The van der Waals surface area contributed by atoms with E-state index >= 15 is 0 Å². The summed E-state index contributed by atoms with van der Waals surface area (Å²) >= 11 is 6.27. The lowest BCUT2D eigenvalue weighted by molar-refractivity contribution is 0.256. The highest BCUT2D eigenvalue weighted by molar-refractivity contribution is 6.31. The maximum absolute atomic E-state index is 6.27. The largest absolute Gasteiger partial charge is 0.497 e. The molecule has 0 spiro atoms. The highest BCUT2D eigenvalue weighted by atomic mass is 35.5. The van der Waals surface area contributed by atoms with E-state index in [1.165, 1.54) is 77.4 Å². The number of unbranched alkanes of at least 4 members (excludes halogenated alkanes) is 7. The molecule has 0 bridgehead atoms. The van der Waals surface area contributed by atoms with E-state index in [-0.39, 0.29) is 0 Å². The number of hydrogen-bond donors (Lipinski definition) is 1. The average Bonchev–Trinajstić information content (AvgIpc) is 2.87. The van der Waals surface area contributed by atoms with Crippen molar-refractivity contribution in [3.63, 3.8) is 0 Å². The molecule has 3 rings (SSSR count). The molecule has 0 aliphatic heterocycles. The maximum atomic E-state index is 6.27. The van der Waals surface area contributed by atoms with Crippen LogP contribution in [0.15, 0.2) is 36.4 Å². The van der Waals surface area contributed by atoms with Gasteiger partial charge in [-0.25, -0.2) is 4.98 Å². The minimum Gasteiger partial charge on any atom is -0.497 e. The van der Waals surface area contributed by atoms with Crippen LogP contribution in [0.5, 0.6) is 5.75 Å². The predicted molar refractivity (Wildman–Crippen MR) is 153 cm³/mol. The van der Waals surface area contributed by atoms with Crippen LogP contribution in [-0.4, -0.2) is 43.2 Å². The van der Waals surface area contributed by atoms with Crippen molar-refractivity contribution in [3.8, 4) is 5.75 Å². The number of hydrogen-bond acceptors (Lipinski definition) is 4. The Bertz CT molecular complexity index is 1030. The van der Waals surface area contributed by atoms with Crippen molar-refractivity contribution >= 4 is 39.1 Å². The summed E-state index contributed by atoms with van der Waals surface area (Å²) in [6, 6.07) is 12.0. The molecule has 3 aromatic rings. The summed E-state index contributed by atoms with van der Waals surface area (Å²) in [4.78, 5) is 7.54. The normalized spacial score (nSPS) is 11.6. The number of fused-ring (bicyclic) bond motifs is 2. The third-order valence-corrected chi connectivity index (χ3v) is 7.04. The van der Waals surface area contributed by atoms with Gasteiger partial charge in [-0.2, -0.15) is 0 Å². The molecule has 35 heavy (non-hydrogen) atoms. The number of halogens is 1. The fraction of sp³-hybridized carbons (Fsp3) is 0.567. The summed E-state index contributed by atoms with van der Waals surface area (Å²) in [5, 5.41) is 6.64. The van der Waals surface area contributed by atoms with Crippen LogP contribution >= 0.6 is 11.6 Å². The van der Waals surface area contributed by atoms with Gasteiger partial charge < -0.3 is 15.0 Å². The Morgan fingerprint density at radius 2 is 1.46 bits per heavy atom. The first-order valence-corrected chi connectivity index (χ1v) is 14.1. The topological polar surface area (TPSA) is 37.4 Å². The molecule has 0 aliphatic rings. The number of anilines is 1. The number of methoxy groups -OCH3 is 1. The molecule has 0 atom stereocenters. The van der Waals surface area contributed by atoms with Crippen molar-refractivity contribution in [2.24, 2.45) is 0 Å². The summed E-state index contributed by atoms with van der Waals surface area (Å²) < 4.78 is 5.49. The minimum atomic E-state index is 0.710. The lowest BCUT2D eigenvalue weighted by Crippen LogP contribution is -2.27. The van der Waals surface area contributed by atoms with Gasteiger partial charge in [0.25, 0.3) is 0 Å². The van der Waals surface area contributed by atoms with E-state index in [0.717, 1.165) is 46.2 Å². The summed E-state index contributed by atoms with van der Waals surface area (Å²) in [6.07, 6.45) is 13.1. The molecule has 0 radical (unpaired) electrons. The number of nitrogens with zero attached hydrogens (tertiary/aromatic N) is 2. The first kappa shape index (κ1) is 27.5. The van der Waals surface area contributed by atoms with Crippen LogP contribution < -0.4 is 10.1 Å². The molecule has 1 N–H and O–H groups in total. The Morgan fingerprint density at radius 3 is 2.11 bits per heavy atom. The number of nitrogens with one attached hydrogen (secondary N) is 1. The Hall–Kier alpha value is -2.04. The molecule has 5 heteroatoms. The van der Waals surface area contributed by atoms with Gasteiger partial charge in [-0.3, -0.25) is 0 Å². The van der Waals surface area contributed by atoms with Crippen LogP contribution in [0.4, 0.5) is 5.69 Å². The minimum absolute atomic E-state index is 0.710. The third-order valence-electron chi connectivity index (χ3n) is 6.80. The van der Waals surface area contributed by atoms with Gasteiger partial charge >= 0.3 is 0 Å². The van der Waals surface area contributed by atoms with Crippen molar-refractivity contribution in [2.45, 2.75) is 78.1 Å². The quantitative estimate of drug-likeness (QED) is 0.149. The van der Waals surface area contributed by atoms with Gasteiger partial charge in [-0.15, -0.1) is 0 Å². The van der Waals surface area contributed by atoms with Crippen molar-refractivity contribution in [2.75, 3.05) is 38.6 Å². The Labute approximate surface area is 217 Å². The molecule has 1 heterocycles. The van der Waals surface area contributed by atoms with Gasteiger partial charge in [0, 0.05) is 22.3 Å². The molecule has 0 fully saturated rings. The van der Waals surface area contributed by atoms with E-state index in [4.69, 9.17) is 21.3 Å². The van der Waals surface area contributed by atoms with Crippen molar-refractivity contribution in [1.29, 1.82) is 0 Å². The van der Waals surface area contributed by atoms with Crippen LogP contribution in [0.25, 0.3) is 21.8 Å². The van der Waals surface area contributed by atoms with Crippen LogP contribution in [0.2, 0.25) is 5.02 Å². The molecule has 1 aromatic heterocycles. The highest BCUT2D eigenvalue weighted by Gasteiger charge is 2.11. The van der Waals surface area contributed by atoms with E-state index in [1.807, 2.05) is 24.3 Å².